The molecule has 1 aliphatic rings. The van der Waals surface area contributed by atoms with Gasteiger partial charge in [0, 0.05) is 30.9 Å². The van der Waals surface area contributed by atoms with Crippen LogP contribution in [0.1, 0.15) is 28.6 Å². The van der Waals surface area contributed by atoms with Gasteiger partial charge in [-0.15, -0.1) is 11.3 Å². The SMILES string of the molecule is CN1CCCc2cc(C(N)c3nccs3)ccc21. The van der Waals surface area contributed by atoms with Gasteiger partial charge in [0.2, 0.25) is 0 Å². The number of fused-ring (bicyclic) bond motifs is 1. The maximum atomic E-state index is 6.26. The highest BCUT2D eigenvalue weighted by Crippen LogP contribution is 2.30. The van der Waals surface area contributed by atoms with Crippen LogP contribution in [0.5, 0.6) is 0 Å². The van der Waals surface area contributed by atoms with Crippen molar-refractivity contribution < 1.29 is 0 Å². The molecule has 1 unspecified atom stereocenters. The van der Waals surface area contributed by atoms with Crippen LogP contribution in [0.25, 0.3) is 0 Å². The highest BCUT2D eigenvalue weighted by atomic mass is 32.1. The molecule has 0 bridgehead atoms. The fraction of sp³-hybridized carbons (Fsp3) is 0.357. The van der Waals surface area contributed by atoms with Gasteiger partial charge >= 0.3 is 0 Å². The van der Waals surface area contributed by atoms with Gasteiger partial charge in [-0.25, -0.2) is 4.98 Å². The third-order valence-electron chi connectivity index (χ3n) is 3.53. The zero-order chi connectivity index (χ0) is 12.5. The number of thiazole rings is 1. The molecule has 4 heteroatoms. The molecule has 1 aromatic heterocycles. The topological polar surface area (TPSA) is 42.1 Å². The van der Waals surface area contributed by atoms with Crippen molar-refractivity contribution in [3.8, 4) is 0 Å². The van der Waals surface area contributed by atoms with Crippen molar-refractivity contribution in [3.05, 3.63) is 45.9 Å². The summed E-state index contributed by atoms with van der Waals surface area (Å²) < 4.78 is 0. The second kappa shape index (κ2) is 4.71. The summed E-state index contributed by atoms with van der Waals surface area (Å²) in [6.07, 6.45) is 4.18. The second-order valence-corrected chi connectivity index (χ2v) is 5.69. The van der Waals surface area contributed by atoms with E-state index in [2.05, 4.69) is 35.1 Å². The molecule has 0 radical (unpaired) electrons. The Balaban J connectivity index is 1.95. The zero-order valence-corrected chi connectivity index (χ0v) is 11.3. The highest BCUT2D eigenvalue weighted by molar-refractivity contribution is 7.09. The van der Waals surface area contributed by atoms with Crippen molar-refractivity contribution in [1.29, 1.82) is 0 Å². The average Bonchev–Trinajstić information content (AvgIpc) is 2.91. The van der Waals surface area contributed by atoms with E-state index in [4.69, 9.17) is 5.73 Å². The standard InChI is InChI=1S/C14H17N3S/c1-17-7-2-3-10-9-11(4-5-12(10)17)13(15)14-16-6-8-18-14/h4-6,8-9,13H,2-3,7,15H2,1H3. The second-order valence-electron chi connectivity index (χ2n) is 4.76. The first-order valence-electron chi connectivity index (χ1n) is 6.24. The van der Waals surface area contributed by atoms with Crippen molar-refractivity contribution in [2.24, 2.45) is 5.73 Å². The number of hydrogen-bond donors (Lipinski definition) is 1. The Kier molecular flexibility index (Phi) is 3.06. The third-order valence-corrected chi connectivity index (χ3v) is 4.39. The Morgan fingerprint density at radius 2 is 2.33 bits per heavy atom. The molecule has 0 spiro atoms. The third kappa shape index (κ3) is 2.02. The fourth-order valence-electron chi connectivity index (χ4n) is 2.53. The Bertz CT molecular complexity index is 536. The molecule has 0 saturated heterocycles. The number of anilines is 1. The number of rotatable bonds is 2. The van der Waals surface area contributed by atoms with E-state index >= 15 is 0 Å². The molecule has 0 fully saturated rings. The lowest BCUT2D eigenvalue weighted by Crippen LogP contribution is -2.25. The van der Waals surface area contributed by atoms with Crippen LogP contribution >= 0.6 is 11.3 Å². The number of benzene rings is 1. The number of nitrogens with zero attached hydrogens (tertiary/aromatic N) is 2. The van der Waals surface area contributed by atoms with Gasteiger partial charge in [0.15, 0.2) is 0 Å². The molecule has 3 rings (SSSR count). The van der Waals surface area contributed by atoms with Crippen molar-refractivity contribution >= 4 is 17.0 Å². The number of nitrogens with two attached hydrogens (primary N) is 1. The van der Waals surface area contributed by atoms with Crippen LogP contribution in [0.4, 0.5) is 5.69 Å². The Labute approximate surface area is 111 Å². The van der Waals surface area contributed by atoms with Crippen LogP contribution in [0, 0.1) is 0 Å². The monoisotopic (exact) mass is 259 g/mol. The summed E-state index contributed by atoms with van der Waals surface area (Å²) in [4.78, 5) is 6.62. The Morgan fingerprint density at radius 3 is 3.11 bits per heavy atom. The molecule has 94 valence electrons. The summed E-state index contributed by atoms with van der Waals surface area (Å²) in [6, 6.07) is 6.48. The van der Waals surface area contributed by atoms with Crippen molar-refractivity contribution in [2.45, 2.75) is 18.9 Å². The first-order valence-corrected chi connectivity index (χ1v) is 7.12. The molecule has 3 nitrogen and oxygen atoms in total. The minimum atomic E-state index is -0.0949. The molecule has 0 amide bonds. The lowest BCUT2D eigenvalue weighted by Gasteiger charge is -2.28. The Hall–Kier alpha value is -1.39. The summed E-state index contributed by atoms with van der Waals surface area (Å²) in [5.74, 6) is 0. The summed E-state index contributed by atoms with van der Waals surface area (Å²) in [6.45, 7) is 1.14. The average molecular weight is 259 g/mol. The number of aromatic nitrogens is 1. The zero-order valence-electron chi connectivity index (χ0n) is 10.5. The largest absolute Gasteiger partial charge is 0.374 e. The van der Waals surface area contributed by atoms with Crippen LogP contribution in [0.15, 0.2) is 29.8 Å². The Morgan fingerprint density at radius 1 is 1.44 bits per heavy atom. The molecule has 2 aromatic rings. The molecule has 0 aliphatic carbocycles. The van der Waals surface area contributed by atoms with E-state index < -0.39 is 0 Å². The van der Waals surface area contributed by atoms with Gasteiger partial charge in [-0.2, -0.15) is 0 Å². The fourth-order valence-corrected chi connectivity index (χ4v) is 3.19. The van der Waals surface area contributed by atoms with Gasteiger partial charge in [0.25, 0.3) is 0 Å². The predicted octanol–water partition coefficient (Wildman–Crippen LogP) is 2.57. The quantitative estimate of drug-likeness (QED) is 0.901. The first kappa shape index (κ1) is 11.7. The minimum Gasteiger partial charge on any atom is -0.374 e. The van der Waals surface area contributed by atoms with E-state index in [1.807, 2.05) is 11.6 Å². The van der Waals surface area contributed by atoms with Gasteiger partial charge in [-0.3, -0.25) is 0 Å². The van der Waals surface area contributed by atoms with E-state index in [-0.39, 0.29) is 6.04 Å². The molecule has 2 N–H and O–H groups in total. The van der Waals surface area contributed by atoms with Crippen LogP contribution in [-0.2, 0) is 6.42 Å². The molecule has 1 aliphatic heterocycles. The maximum Gasteiger partial charge on any atom is 0.114 e. The molecule has 1 atom stereocenters. The van der Waals surface area contributed by atoms with E-state index in [0.717, 1.165) is 18.0 Å². The van der Waals surface area contributed by atoms with E-state index in [1.54, 1.807) is 11.3 Å². The molecule has 18 heavy (non-hydrogen) atoms. The van der Waals surface area contributed by atoms with Gasteiger partial charge in [0.1, 0.15) is 5.01 Å². The van der Waals surface area contributed by atoms with E-state index in [0.29, 0.717) is 0 Å². The molecule has 0 saturated carbocycles. The van der Waals surface area contributed by atoms with Crippen LogP contribution in [-0.4, -0.2) is 18.6 Å². The summed E-state index contributed by atoms with van der Waals surface area (Å²) in [5, 5.41) is 2.96. The minimum absolute atomic E-state index is 0.0949. The maximum absolute atomic E-state index is 6.26. The predicted molar refractivity (Wildman–Crippen MR) is 76.2 cm³/mol. The lowest BCUT2D eigenvalue weighted by molar-refractivity contribution is 0.740. The van der Waals surface area contributed by atoms with Gasteiger partial charge in [-0.05, 0) is 30.0 Å². The summed E-state index contributed by atoms with van der Waals surface area (Å²) in [7, 11) is 2.15. The van der Waals surface area contributed by atoms with E-state index in [9.17, 15) is 0 Å². The summed E-state index contributed by atoms with van der Waals surface area (Å²) >= 11 is 1.62. The van der Waals surface area contributed by atoms with Gasteiger partial charge in [0.05, 0.1) is 6.04 Å². The highest BCUT2D eigenvalue weighted by Gasteiger charge is 2.17. The van der Waals surface area contributed by atoms with Crippen molar-refractivity contribution in [2.75, 3.05) is 18.5 Å². The number of hydrogen-bond acceptors (Lipinski definition) is 4. The van der Waals surface area contributed by atoms with Gasteiger partial charge < -0.3 is 10.6 Å². The molecule has 1 aromatic carbocycles. The first-order chi connectivity index (χ1) is 8.75. The summed E-state index contributed by atoms with van der Waals surface area (Å²) in [5.41, 5.74) is 10.2. The van der Waals surface area contributed by atoms with Gasteiger partial charge in [-0.1, -0.05) is 12.1 Å². The van der Waals surface area contributed by atoms with Crippen molar-refractivity contribution in [1.82, 2.24) is 4.98 Å². The molecule has 2 heterocycles. The lowest BCUT2D eigenvalue weighted by atomic mass is 9.97. The molecular weight excluding hydrogens is 242 g/mol. The van der Waals surface area contributed by atoms with Crippen LogP contribution < -0.4 is 10.6 Å². The smallest absolute Gasteiger partial charge is 0.114 e. The molecular formula is C14H17N3S. The van der Waals surface area contributed by atoms with E-state index in [1.165, 1.54) is 23.2 Å². The van der Waals surface area contributed by atoms with Crippen molar-refractivity contribution in [3.63, 3.8) is 0 Å². The van der Waals surface area contributed by atoms with Crippen LogP contribution in [0.3, 0.4) is 0 Å². The number of aryl methyl sites for hydroxylation is 1. The normalized spacial score (nSPS) is 16.4. The van der Waals surface area contributed by atoms with Crippen LogP contribution in [0.2, 0.25) is 0 Å².